The van der Waals surface area contributed by atoms with E-state index in [1.165, 1.54) is 6.07 Å². The molecule has 0 amide bonds. The summed E-state index contributed by atoms with van der Waals surface area (Å²) in [5.74, 6) is 0.590. The van der Waals surface area contributed by atoms with Gasteiger partial charge >= 0.3 is 0 Å². The minimum absolute atomic E-state index is 0.286. The normalized spacial score (nSPS) is 17.4. The van der Waals surface area contributed by atoms with Gasteiger partial charge < -0.3 is 23.8 Å². The molecule has 1 aromatic carbocycles. The molecule has 4 aromatic heterocycles. The molecular formula is C26H25FN6O3. The highest BCUT2D eigenvalue weighted by Crippen LogP contribution is 2.37. The number of pyridine rings is 1. The average molecular weight is 489 g/mol. The molecule has 0 radical (unpaired) electrons. The summed E-state index contributed by atoms with van der Waals surface area (Å²) in [6.07, 6.45) is 3.92. The fourth-order valence-corrected chi connectivity index (χ4v) is 5.14. The summed E-state index contributed by atoms with van der Waals surface area (Å²) in [7, 11) is 1.74. The number of rotatable bonds is 5. The lowest BCUT2D eigenvalue weighted by molar-refractivity contribution is -0.0334. The largest absolute Gasteiger partial charge is 0.432 e. The lowest BCUT2D eigenvalue weighted by Gasteiger charge is -2.38. The summed E-state index contributed by atoms with van der Waals surface area (Å²) in [6.45, 7) is 5.05. The van der Waals surface area contributed by atoms with Crippen molar-refractivity contribution in [1.29, 1.82) is 0 Å². The summed E-state index contributed by atoms with van der Waals surface area (Å²) in [5, 5.41) is 1.53. The predicted octanol–water partition coefficient (Wildman–Crippen LogP) is 3.73. The maximum atomic E-state index is 15.2. The van der Waals surface area contributed by atoms with Crippen molar-refractivity contribution < 1.29 is 18.3 Å². The van der Waals surface area contributed by atoms with Gasteiger partial charge in [-0.1, -0.05) is 0 Å². The Morgan fingerprint density at radius 2 is 2.00 bits per heavy atom. The number of likely N-dealkylation sites (tertiary alicyclic amines) is 1. The second-order valence-corrected chi connectivity index (χ2v) is 9.36. The maximum absolute atomic E-state index is 15.2. The number of furan rings is 1. The van der Waals surface area contributed by atoms with Gasteiger partial charge in [0.15, 0.2) is 17.2 Å². The van der Waals surface area contributed by atoms with Crippen LogP contribution in [-0.2, 0) is 16.0 Å². The fraction of sp³-hybridized carbons (Fsp3) is 0.346. The van der Waals surface area contributed by atoms with E-state index in [1.807, 2.05) is 12.3 Å². The topological polar surface area (TPSA) is 92.5 Å². The zero-order valence-electron chi connectivity index (χ0n) is 19.8. The number of aromatic amines is 1. The van der Waals surface area contributed by atoms with Crippen LogP contribution in [0.25, 0.3) is 44.5 Å². The van der Waals surface area contributed by atoms with Crippen molar-refractivity contribution in [3.05, 3.63) is 48.0 Å². The van der Waals surface area contributed by atoms with E-state index in [-0.39, 0.29) is 11.9 Å². The van der Waals surface area contributed by atoms with Crippen LogP contribution in [0.5, 0.6) is 0 Å². The van der Waals surface area contributed by atoms with Crippen LogP contribution in [0.3, 0.4) is 0 Å². The molecule has 0 atom stereocenters. The molecule has 6 heterocycles. The zero-order chi connectivity index (χ0) is 24.2. The minimum atomic E-state index is -0.369. The smallest absolute Gasteiger partial charge is 0.229 e. The summed E-state index contributed by atoms with van der Waals surface area (Å²) in [6, 6.07) is 7.09. The van der Waals surface area contributed by atoms with Crippen molar-refractivity contribution in [2.24, 2.45) is 0 Å². The van der Waals surface area contributed by atoms with E-state index < -0.39 is 0 Å². The third-order valence-corrected chi connectivity index (χ3v) is 7.09. The van der Waals surface area contributed by atoms with Gasteiger partial charge in [0, 0.05) is 63.1 Å². The first-order chi connectivity index (χ1) is 17.7. The minimum Gasteiger partial charge on any atom is -0.432 e. The fourth-order valence-electron chi connectivity index (χ4n) is 5.14. The lowest BCUT2D eigenvalue weighted by atomic mass is 10.1. The third kappa shape index (κ3) is 3.52. The van der Waals surface area contributed by atoms with Gasteiger partial charge in [-0.05, 0) is 29.8 Å². The van der Waals surface area contributed by atoms with Gasteiger partial charge in [0.2, 0.25) is 5.71 Å². The highest BCUT2D eigenvalue weighted by molar-refractivity contribution is 6.06. The molecule has 184 valence electrons. The van der Waals surface area contributed by atoms with Crippen molar-refractivity contribution in [3.8, 4) is 11.4 Å². The highest BCUT2D eigenvalue weighted by Gasteiger charge is 2.28. The number of benzene rings is 1. The molecule has 0 aliphatic carbocycles. The first-order valence-corrected chi connectivity index (χ1v) is 12.1. The molecule has 0 bridgehead atoms. The quantitative estimate of drug-likeness (QED) is 0.400. The predicted molar refractivity (Wildman–Crippen MR) is 133 cm³/mol. The number of aromatic nitrogens is 4. The molecule has 2 fully saturated rings. The molecular weight excluding hydrogens is 463 g/mol. The molecule has 0 spiro atoms. The van der Waals surface area contributed by atoms with Crippen molar-refractivity contribution >= 4 is 38.9 Å². The summed E-state index contributed by atoms with van der Waals surface area (Å²) >= 11 is 0. The van der Waals surface area contributed by atoms with Gasteiger partial charge in [-0.2, -0.15) is 0 Å². The Morgan fingerprint density at radius 3 is 2.83 bits per heavy atom. The SMILES string of the molecule is COC1CN(Cc2cnc3oc4c(N5CCOCC5)nc(-c5c(F)ccc6[nH]ccc56)nc4c3c2)C1. The van der Waals surface area contributed by atoms with E-state index in [0.29, 0.717) is 60.3 Å². The highest BCUT2D eigenvalue weighted by atomic mass is 19.1. The van der Waals surface area contributed by atoms with E-state index in [2.05, 4.69) is 25.8 Å². The van der Waals surface area contributed by atoms with Crippen LogP contribution < -0.4 is 4.90 Å². The van der Waals surface area contributed by atoms with Gasteiger partial charge in [0.25, 0.3) is 0 Å². The van der Waals surface area contributed by atoms with E-state index in [9.17, 15) is 0 Å². The van der Waals surface area contributed by atoms with Crippen molar-refractivity contribution in [3.63, 3.8) is 0 Å². The summed E-state index contributed by atoms with van der Waals surface area (Å²) in [5.41, 5.74) is 3.95. The zero-order valence-corrected chi connectivity index (χ0v) is 19.8. The Hall–Kier alpha value is -3.60. The Kier molecular flexibility index (Phi) is 5.12. The van der Waals surface area contributed by atoms with Crippen LogP contribution in [0.1, 0.15) is 5.56 Å². The van der Waals surface area contributed by atoms with E-state index >= 15 is 4.39 Å². The summed E-state index contributed by atoms with van der Waals surface area (Å²) in [4.78, 5) is 21.9. The molecule has 1 N–H and O–H groups in total. The Bertz CT molecular complexity index is 1590. The first kappa shape index (κ1) is 21.7. The molecule has 0 saturated carbocycles. The van der Waals surface area contributed by atoms with Crippen LogP contribution in [0, 0.1) is 5.82 Å². The number of H-pyrrole nitrogens is 1. The number of anilines is 1. The van der Waals surface area contributed by atoms with Gasteiger partial charge in [-0.25, -0.2) is 19.3 Å². The molecule has 2 saturated heterocycles. The standard InChI is InChI=1S/C26H25FN6O3/c1-34-16-13-32(14-16)12-15-10-18-22-23(36-26(18)29-11-15)25(33-6-8-35-9-7-33)31-24(30-22)21-17-4-5-28-20(17)3-2-19(21)27/h2-5,10-11,16,28H,6-9,12-14H2,1H3. The molecule has 5 aromatic rings. The number of fused-ring (bicyclic) bond motifs is 4. The number of halogens is 1. The van der Waals surface area contributed by atoms with Crippen molar-refractivity contribution in [2.45, 2.75) is 12.6 Å². The van der Waals surface area contributed by atoms with Crippen LogP contribution in [0.15, 0.2) is 41.1 Å². The number of nitrogens with one attached hydrogen (secondary N) is 1. The van der Waals surface area contributed by atoms with Gasteiger partial charge in [0.05, 0.1) is 30.3 Å². The first-order valence-electron chi connectivity index (χ1n) is 12.1. The molecule has 2 aliphatic rings. The maximum Gasteiger partial charge on any atom is 0.229 e. The molecule has 0 unspecified atom stereocenters. The van der Waals surface area contributed by atoms with Gasteiger partial charge in [0.1, 0.15) is 11.3 Å². The van der Waals surface area contributed by atoms with Crippen LogP contribution in [-0.4, -0.2) is 77.4 Å². The van der Waals surface area contributed by atoms with Crippen molar-refractivity contribution in [2.75, 3.05) is 51.4 Å². The van der Waals surface area contributed by atoms with Gasteiger partial charge in [-0.3, -0.25) is 4.90 Å². The lowest BCUT2D eigenvalue weighted by Crippen LogP contribution is -2.50. The van der Waals surface area contributed by atoms with Crippen molar-refractivity contribution in [1.82, 2.24) is 24.8 Å². The number of hydrogen-bond acceptors (Lipinski definition) is 8. The Morgan fingerprint density at radius 1 is 1.14 bits per heavy atom. The number of methoxy groups -OCH3 is 1. The van der Waals surface area contributed by atoms with E-state index in [0.717, 1.165) is 41.5 Å². The van der Waals surface area contributed by atoms with E-state index in [1.54, 1.807) is 19.4 Å². The second kappa shape index (κ2) is 8.51. The number of hydrogen-bond donors (Lipinski definition) is 1. The number of nitrogens with zero attached hydrogens (tertiary/aromatic N) is 5. The third-order valence-electron chi connectivity index (χ3n) is 7.09. The molecule has 7 rings (SSSR count). The Balaban J connectivity index is 1.41. The molecule has 36 heavy (non-hydrogen) atoms. The molecule has 2 aliphatic heterocycles. The monoisotopic (exact) mass is 488 g/mol. The Labute approximate surface area is 205 Å². The van der Waals surface area contributed by atoms with Crippen LogP contribution >= 0.6 is 0 Å². The van der Waals surface area contributed by atoms with E-state index in [4.69, 9.17) is 23.9 Å². The van der Waals surface area contributed by atoms with Gasteiger partial charge in [-0.15, -0.1) is 0 Å². The molecule has 10 heteroatoms. The number of morpholine rings is 1. The molecule has 9 nitrogen and oxygen atoms in total. The number of ether oxygens (including phenoxy) is 2. The summed E-state index contributed by atoms with van der Waals surface area (Å²) < 4.78 is 32.4. The second-order valence-electron chi connectivity index (χ2n) is 9.36. The van der Waals surface area contributed by atoms with Crippen LogP contribution in [0.4, 0.5) is 10.2 Å². The van der Waals surface area contributed by atoms with Crippen LogP contribution in [0.2, 0.25) is 0 Å². The average Bonchev–Trinajstić information content (AvgIpc) is 3.50.